The van der Waals surface area contributed by atoms with Crippen LogP contribution < -0.4 is 10.1 Å². The van der Waals surface area contributed by atoms with Gasteiger partial charge in [-0.05, 0) is 37.2 Å². The summed E-state index contributed by atoms with van der Waals surface area (Å²) < 4.78 is 29.4. The summed E-state index contributed by atoms with van der Waals surface area (Å²) in [6.45, 7) is 4.73. The summed E-state index contributed by atoms with van der Waals surface area (Å²) in [5.41, 5.74) is 0. The van der Waals surface area contributed by atoms with Crippen LogP contribution >= 0.6 is 0 Å². The van der Waals surface area contributed by atoms with E-state index in [0.717, 1.165) is 13.0 Å². The second kappa shape index (κ2) is 6.75. The minimum absolute atomic E-state index is 0.00195. The van der Waals surface area contributed by atoms with E-state index in [1.165, 1.54) is 0 Å². The van der Waals surface area contributed by atoms with Crippen molar-refractivity contribution < 1.29 is 13.2 Å². The first-order valence-corrected chi connectivity index (χ1v) is 7.79. The molecule has 0 spiro atoms. The van der Waals surface area contributed by atoms with Crippen molar-refractivity contribution in [1.29, 1.82) is 0 Å². The lowest BCUT2D eigenvalue weighted by Crippen LogP contribution is -2.34. The number of hydrogen-bond donors (Lipinski definition) is 1. The Bertz CT molecular complexity index is 454. The predicted octanol–water partition coefficient (Wildman–Crippen LogP) is 1.86. The highest BCUT2D eigenvalue weighted by Gasteiger charge is 2.19. The lowest BCUT2D eigenvalue weighted by Gasteiger charge is -2.15. The summed E-state index contributed by atoms with van der Waals surface area (Å²) in [7, 11) is -1.68. The lowest BCUT2D eigenvalue weighted by atomic mass is 10.2. The molecule has 0 saturated heterocycles. The molecule has 18 heavy (non-hydrogen) atoms. The Kier molecular flexibility index (Phi) is 5.62. The number of nitrogens with one attached hydrogen (secondary N) is 1. The van der Waals surface area contributed by atoms with E-state index in [0.29, 0.717) is 10.6 Å². The molecule has 0 saturated carbocycles. The maximum absolute atomic E-state index is 12.2. The van der Waals surface area contributed by atoms with Crippen molar-refractivity contribution >= 4 is 9.84 Å². The van der Waals surface area contributed by atoms with Crippen molar-refractivity contribution in [2.24, 2.45) is 0 Å². The Balaban J connectivity index is 2.84. The molecule has 0 amide bonds. The SMILES string of the molecule is CCNC(CC)CS(=O)(=O)c1ccc(OC)cc1. The van der Waals surface area contributed by atoms with Gasteiger partial charge in [-0.1, -0.05) is 13.8 Å². The largest absolute Gasteiger partial charge is 0.497 e. The van der Waals surface area contributed by atoms with Crippen LogP contribution in [0.3, 0.4) is 0 Å². The number of benzene rings is 1. The first-order valence-electron chi connectivity index (χ1n) is 6.13. The van der Waals surface area contributed by atoms with Crippen molar-refractivity contribution in [1.82, 2.24) is 5.32 Å². The van der Waals surface area contributed by atoms with Gasteiger partial charge in [0.1, 0.15) is 5.75 Å². The van der Waals surface area contributed by atoms with Gasteiger partial charge in [-0.25, -0.2) is 8.42 Å². The van der Waals surface area contributed by atoms with Crippen LogP contribution in [0.2, 0.25) is 0 Å². The van der Waals surface area contributed by atoms with Crippen LogP contribution in [0.4, 0.5) is 0 Å². The third-order valence-electron chi connectivity index (χ3n) is 2.82. The predicted molar refractivity (Wildman–Crippen MR) is 72.8 cm³/mol. The minimum atomic E-state index is -3.24. The number of methoxy groups -OCH3 is 1. The normalized spacial score (nSPS) is 13.3. The molecule has 1 unspecified atom stereocenters. The van der Waals surface area contributed by atoms with E-state index < -0.39 is 9.84 Å². The Morgan fingerprint density at radius 1 is 1.22 bits per heavy atom. The monoisotopic (exact) mass is 271 g/mol. The molecule has 0 aliphatic heterocycles. The van der Waals surface area contributed by atoms with Crippen molar-refractivity contribution in [3.63, 3.8) is 0 Å². The maximum Gasteiger partial charge on any atom is 0.179 e. The van der Waals surface area contributed by atoms with Crippen molar-refractivity contribution in [3.05, 3.63) is 24.3 Å². The molecular formula is C13H21NO3S. The number of sulfone groups is 1. The molecule has 102 valence electrons. The van der Waals surface area contributed by atoms with Crippen LogP contribution in [-0.4, -0.2) is 33.9 Å². The van der Waals surface area contributed by atoms with Crippen LogP contribution in [-0.2, 0) is 9.84 Å². The van der Waals surface area contributed by atoms with Gasteiger partial charge >= 0.3 is 0 Å². The highest BCUT2D eigenvalue weighted by molar-refractivity contribution is 7.91. The first-order chi connectivity index (χ1) is 8.53. The van der Waals surface area contributed by atoms with Crippen molar-refractivity contribution in [3.8, 4) is 5.75 Å². The second-order valence-corrected chi connectivity index (χ2v) is 6.15. The summed E-state index contributed by atoms with van der Waals surface area (Å²) in [5, 5.41) is 3.18. The molecule has 0 radical (unpaired) electrons. The fourth-order valence-corrected chi connectivity index (χ4v) is 3.38. The molecule has 1 atom stereocenters. The highest BCUT2D eigenvalue weighted by Crippen LogP contribution is 2.17. The maximum atomic E-state index is 12.2. The third kappa shape index (κ3) is 3.99. The zero-order chi connectivity index (χ0) is 13.6. The lowest BCUT2D eigenvalue weighted by molar-refractivity contribution is 0.414. The molecule has 1 aromatic carbocycles. The third-order valence-corrected chi connectivity index (χ3v) is 4.66. The number of rotatable bonds is 7. The molecule has 1 rings (SSSR count). The minimum Gasteiger partial charge on any atom is -0.497 e. The van der Waals surface area contributed by atoms with Gasteiger partial charge in [-0.2, -0.15) is 0 Å². The molecular weight excluding hydrogens is 250 g/mol. The molecule has 0 aliphatic rings. The Labute approximate surface area is 109 Å². The van der Waals surface area contributed by atoms with E-state index >= 15 is 0 Å². The van der Waals surface area contributed by atoms with E-state index in [-0.39, 0.29) is 11.8 Å². The van der Waals surface area contributed by atoms with E-state index in [1.54, 1.807) is 31.4 Å². The molecule has 4 nitrogen and oxygen atoms in total. The van der Waals surface area contributed by atoms with Crippen LogP contribution in [0.1, 0.15) is 20.3 Å². The van der Waals surface area contributed by atoms with Crippen LogP contribution in [0.5, 0.6) is 5.75 Å². The van der Waals surface area contributed by atoms with Crippen LogP contribution in [0, 0.1) is 0 Å². The molecule has 0 heterocycles. The van der Waals surface area contributed by atoms with Crippen molar-refractivity contribution in [2.45, 2.75) is 31.2 Å². The molecule has 1 N–H and O–H groups in total. The number of ether oxygens (including phenoxy) is 1. The molecule has 0 aromatic heterocycles. The van der Waals surface area contributed by atoms with Crippen LogP contribution in [0.15, 0.2) is 29.2 Å². The van der Waals surface area contributed by atoms with Gasteiger partial charge in [-0.15, -0.1) is 0 Å². The molecule has 0 aliphatic carbocycles. The molecule has 0 fully saturated rings. The van der Waals surface area contributed by atoms with Gasteiger partial charge in [0.15, 0.2) is 9.84 Å². The number of hydrogen-bond acceptors (Lipinski definition) is 4. The fraction of sp³-hybridized carbons (Fsp3) is 0.538. The smallest absolute Gasteiger partial charge is 0.179 e. The van der Waals surface area contributed by atoms with E-state index in [9.17, 15) is 8.42 Å². The van der Waals surface area contributed by atoms with Gasteiger partial charge in [0.25, 0.3) is 0 Å². The van der Waals surface area contributed by atoms with Gasteiger partial charge in [0, 0.05) is 6.04 Å². The van der Waals surface area contributed by atoms with Gasteiger partial charge in [-0.3, -0.25) is 0 Å². The molecule has 0 bridgehead atoms. The summed E-state index contributed by atoms with van der Waals surface area (Å²) in [5.74, 6) is 0.789. The summed E-state index contributed by atoms with van der Waals surface area (Å²) in [6.07, 6.45) is 0.795. The Morgan fingerprint density at radius 3 is 2.28 bits per heavy atom. The zero-order valence-corrected chi connectivity index (χ0v) is 12.0. The quantitative estimate of drug-likeness (QED) is 0.822. The Morgan fingerprint density at radius 2 is 1.83 bits per heavy atom. The molecule has 5 heteroatoms. The van der Waals surface area contributed by atoms with Crippen LogP contribution in [0.25, 0.3) is 0 Å². The summed E-state index contributed by atoms with van der Waals surface area (Å²) in [6, 6.07) is 6.52. The molecule has 1 aromatic rings. The summed E-state index contributed by atoms with van der Waals surface area (Å²) in [4.78, 5) is 0.347. The zero-order valence-electron chi connectivity index (χ0n) is 11.1. The van der Waals surface area contributed by atoms with E-state index in [1.807, 2.05) is 13.8 Å². The van der Waals surface area contributed by atoms with Gasteiger partial charge in [0.2, 0.25) is 0 Å². The van der Waals surface area contributed by atoms with Gasteiger partial charge in [0.05, 0.1) is 17.8 Å². The van der Waals surface area contributed by atoms with Gasteiger partial charge < -0.3 is 10.1 Å². The standard InChI is InChI=1S/C13H21NO3S/c1-4-11(14-5-2)10-18(15,16)13-8-6-12(17-3)7-9-13/h6-9,11,14H,4-5,10H2,1-3H3. The first kappa shape index (κ1) is 15.0. The Hall–Kier alpha value is -1.07. The second-order valence-electron chi connectivity index (χ2n) is 4.12. The van der Waals surface area contributed by atoms with E-state index in [2.05, 4.69) is 5.32 Å². The summed E-state index contributed by atoms with van der Waals surface area (Å²) >= 11 is 0. The fourth-order valence-electron chi connectivity index (χ4n) is 1.75. The van der Waals surface area contributed by atoms with Crippen molar-refractivity contribution in [2.75, 3.05) is 19.4 Å². The average molecular weight is 271 g/mol. The van der Waals surface area contributed by atoms with E-state index in [4.69, 9.17) is 4.74 Å². The topological polar surface area (TPSA) is 55.4 Å². The average Bonchev–Trinajstić information content (AvgIpc) is 2.38. The highest BCUT2D eigenvalue weighted by atomic mass is 32.2.